The molecular formula is C10H9F3O3S. The van der Waals surface area contributed by atoms with Gasteiger partial charge in [0.05, 0.1) is 5.60 Å². The molecule has 4 unspecified atom stereocenters. The minimum Gasteiger partial charge on any atom is -0.256 e. The van der Waals surface area contributed by atoms with Gasteiger partial charge in [0.1, 0.15) is 0 Å². The van der Waals surface area contributed by atoms with Crippen LogP contribution in [-0.2, 0) is 14.3 Å². The monoisotopic (exact) mass is 266 g/mol. The first-order valence-corrected chi connectivity index (χ1v) is 7.23. The molecular weight excluding hydrogens is 257 g/mol. The maximum atomic E-state index is 12.3. The molecule has 6 aliphatic rings. The van der Waals surface area contributed by atoms with Gasteiger partial charge in [0, 0.05) is 0 Å². The smallest absolute Gasteiger partial charge is 0.256 e. The van der Waals surface area contributed by atoms with E-state index in [4.69, 9.17) is 0 Å². The molecule has 17 heavy (non-hydrogen) atoms. The molecule has 6 aliphatic carbocycles. The zero-order valence-electron chi connectivity index (χ0n) is 8.52. The Morgan fingerprint density at radius 3 is 2.12 bits per heavy atom. The van der Waals surface area contributed by atoms with Gasteiger partial charge in [-0.15, -0.1) is 0 Å². The lowest BCUT2D eigenvalue weighted by atomic mass is 9.17. The standard InChI is InChI=1S/C10H9F3O3S/c11-10(12,13)17(14,15)16-9-6-3-1-2-4(6)8(9)5(2)7(3)9/h2-8H,1H2. The van der Waals surface area contributed by atoms with E-state index in [0.717, 1.165) is 6.42 Å². The second-order valence-electron chi connectivity index (χ2n) is 6.13. The summed E-state index contributed by atoms with van der Waals surface area (Å²) in [6.07, 6.45) is 1.10. The number of rotatable bonds is 2. The van der Waals surface area contributed by atoms with E-state index >= 15 is 0 Å². The summed E-state index contributed by atoms with van der Waals surface area (Å²) in [5, 5.41) is 0. The number of alkyl halides is 3. The van der Waals surface area contributed by atoms with Crippen molar-refractivity contribution in [3.63, 3.8) is 0 Å². The van der Waals surface area contributed by atoms with E-state index in [2.05, 4.69) is 4.18 Å². The molecule has 3 nitrogen and oxygen atoms in total. The molecule has 0 N–H and O–H groups in total. The van der Waals surface area contributed by atoms with Crippen molar-refractivity contribution in [2.45, 2.75) is 17.5 Å². The highest BCUT2D eigenvalue weighted by molar-refractivity contribution is 7.87. The Kier molecular flexibility index (Phi) is 1.16. The summed E-state index contributed by atoms with van der Waals surface area (Å²) in [5.74, 6) is 2.46. The predicted molar refractivity (Wildman–Crippen MR) is 47.8 cm³/mol. The van der Waals surface area contributed by atoms with E-state index in [1.165, 1.54) is 0 Å². The summed E-state index contributed by atoms with van der Waals surface area (Å²) in [5.41, 5.74) is -6.20. The van der Waals surface area contributed by atoms with Gasteiger partial charge in [-0.3, -0.25) is 4.18 Å². The van der Waals surface area contributed by atoms with Crippen molar-refractivity contribution in [3.8, 4) is 0 Å². The molecule has 0 aliphatic heterocycles. The van der Waals surface area contributed by atoms with Gasteiger partial charge in [-0.05, 0) is 47.8 Å². The van der Waals surface area contributed by atoms with E-state index in [1.807, 2.05) is 0 Å². The van der Waals surface area contributed by atoms with Crippen LogP contribution in [0.1, 0.15) is 6.42 Å². The lowest BCUT2D eigenvalue weighted by Gasteiger charge is -2.89. The van der Waals surface area contributed by atoms with E-state index in [0.29, 0.717) is 23.7 Å². The van der Waals surface area contributed by atoms with Crippen LogP contribution in [0.3, 0.4) is 0 Å². The molecule has 0 saturated heterocycles. The van der Waals surface area contributed by atoms with Gasteiger partial charge in [-0.25, -0.2) is 0 Å². The largest absolute Gasteiger partial charge is 0.523 e. The van der Waals surface area contributed by atoms with Crippen LogP contribution in [0.25, 0.3) is 0 Å². The van der Waals surface area contributed by atoms with Crippen LogP contribution >= 0.6 is 0 Å². The molecule has 0 heterocycles. The summed E-state index contributed by atoms with van der Waals surface area (Å²) in [6.45, 7) is 0. The highest BCUT2D eigenvalue weighted by Gasteiger charge is 2.99. The first kappa shape index (κ1) is 9.61. The number of hydrogen-bond donors (Lipinski definition) is 0. The molecule has 2 bridgehead atoms. The lowest BCUT2D eigenvalue weighted by Crippen LogP contribution is -2.94. The van der Waals surface area contributed by atoms with E-state index < -0.39 is 21.2 Å². The fraction of sp³-hybridized carbons (Fsp3) is 1.00. The molecule has 0 amide bonds. The SMILES string of the molecule is O=S(=O)(OC12C3C4CC5C3C1C5C42)C(F)(F)F. The normalized spacial score (nSPS) is 64.3. The highest BCUT2D eigenvalue weighted by atomic mass is 32.2. The Hall–Kier alpha value is -0.300. The Morgan fingerprint density at radius 1 is 1.06 bits per heavy atom. The summed E-state index contributed by atoms with van der Waals surface area (Å²) in [4.78, 5) is 0. The summed E-state index contributed by atoms with van der Waals surface area (Å²) < 4.78 is 63.8. The molecule has 0 aromatic rings. The zero-order valence-corrected chi connectivity index (χ0v) is 9.33. The summed E-state index contributed by atoms with van der Waals surface area (Å²) in [6, 6.07) is 0. The van der Waals surface area contributed by atoms with Gasteiger partial charge < -0.3 is 0 Å². The minimum atomic E-state index is -5.41. The van der Waals surface area contributed by atoms with Crippen molar-refractivity contribution >= 4 is 10.1 Å². The molecule has 0 aromatic carbocycles. The van der Waals surface area contributed by atoms with Crippen molar-refractivity contribution in [1.82, 2.24) is 0 Å². The molecule has 6 saturated carbocycles. The molecule has 94 valence electrons. The van der Waals surface area contributed by atoms with Gasteiger partial charge in [-0.1, -0.05) is 0 Å². The fourth-order valence-electron chi connectivity index (χ4n) is 6.18. The van der Waals surface area contributed by atoms with Gasteiger partial charge in [0.25, 0.3) is 0 Å². The van der Waals surface area contributed by atoms with Crippen LogP contribution in [0.2, 0.25) is 0 Å². The van der Waals surface area contributed by atoms with E-state index in [-0.39, 0.29) is 17.8 Å². The third-order valence-corrected chi connectivity index (χ3v) is 7.29. The maximum Gasteiger partial charge on any atom is 0.523 e. The van der Waals surface area contributed by atoms with Crippen molar-refractivity contribution < 1.29 is 25.8 Å². The van der Waals surface area contributed by atoms with Crippen molar-refractivity contribution in [2.24, 2.45) is 41.4 Å². The van der Waals surface area contributed by atoms with Crippen molar-refractivity contribution in [1.29, 1.82) is 0 Å². The van der Waals surface area contributed by atoms with Crippen LogP contribution in [0.15, 0.2) is 0 Å². The van der Waals surface area contributed by atoms with Crippen LogP contribution in [0, 0.1) is 41.4 Å². The van der Waals surface area contributed by atoms with Crippen LogP contribution in [0.4, 0.5) is 13.2 Å². The quantitative estimate of drug-likeness (QED) is 0.560. The van der Waals surface area contributed by atoms with Gasteiger partial charge in [0.15, 0.2) is 0 Å². The second kappa shape index (κ2) is 2.05. The third kappa shape index (κ3) is 0.624. The van der Waals surface area contributed by atoms with E-state index in [1.54, 1.807) is 0 Å². The molecule has 4 atom stereocenters. The lowest BCUT2D eigenvalue weighted by molar-refractivity contribution is -0.458. The van der Waals surface area contributed by atoms with Gasteiger partial charge in [-0.2, -0.15) is 21.6 Å². The summed E-state index contributed by atoms with van der Waals surface area (Å²) >= 11 is 0. The zero-order chi connectivity index (χ0) is 12.0. The fourth-order valence-corrected chi connectivity index (χ4v) is 6.99. The molecule has 0 aromatic heterocycles. The first-order valence-electron chi connectivity index (χ1n) is 5.82. The molecule has 6 rings (SSSR count). The Bertz CT molecular complexity index is 530. The van der Waals surface area contributed by atoms with Gasteiger partial charge in [0.2, 0.25) is 0 Å². The Balaban J connectivity index is 1.51. The summed E-state index contributed by atoms with van der Waals surface area (Å²) in [7, 11) is -5.41. The van der Waals surface area contributed by atoms with Crippen molar-refractivity contribution in [3.05, 3.63) is 0 Å². The number of hydrogen-bond acceptors (Lipinski definition) is 3. The average molecular weight is 266 g/mol. The Labute approximate surface area is 95.4 Å². The molecule has 6 fully saturated rings. The molecule has 0 spiro atoms. The second-order valence-corrected chi connectivity index (χ2v) is 7.67. The maximum absolute atomic E-state index is 12.3. The van der Waals surface area contributed by atoms with Gasteiger partial charge >= 0.3 is 15.6 Å². The predicted octanol–water partition coefficient (Wildman–Crippen LogP) is 1.36. The van der Waals surface area contributed by atoms with Crippen molar-refractivity contribution in [2.75, 3.05) is 0 Å². The highest BCUT2D eigenvalue weighted by Crippen LogP contribution is 2.97. The Morgan fingerprint density at radius 2 is 1.65 bits per heavy atom. The topological polar surface area (TPSA) is 43.4 Å². The minimum absolute atomic E-state index is 0.115. The molecule has 7 heteroatoms. The van der Waals surface area contributed by atoms with Crippen LogP contribution < -0.4 is 0 Å². The molecule has 0 radical (unpaired) electrons. The average Bonchev–Trinajstić information content (AvgIpc) is 2.42. The van der Waals surface area contributed by atoms with Crippen LogP contribution in [-0.4, -0.2) is 19.5 Å². The number of halogens is 3. The van der Waals surface area contributed by atoms with E-state index in [9.17, 15) is 21.6 Å². The third-order valence-electron chi connectivity index (χ3n) is 6.21. The van der Waals surface area contributed by atoms with Crippen LogP contribution in [0.5, 0.6) is 0 Å². The first-order chi connectivity index (χ1) is 7.81.